The first-order chi connectivity index (χ1) is 10.7. The van der Waals surface area contributed by atoms with E-state index < -0.39 is 11.6 Å². The maximum Gasteiger partial charge on any atom is 0.408 e. The SMILES string of the molecule is C=CC[C@H]1CCCCC1(C#N)NC(=O)OCc1ccccc1. The van der Waals surface area contributed by atoms with Crippen molar-refractivity contribution in [2.45, 2.75) is 44.2 Å². The lowest BCUT2D eigenvalue weighted by Crippen LogP contribution is -2.54. The number of carbonyl (C=O) groups excluding carboxylic acids is 1. The van der Waals surface area contributed by atoms with Crippen LogP contribution in [0.1, 0.15) is 37.7 Å². The molecule has 1 aliphatic rings. The molecule has 0 heterocycles. The second-order valence-corrected chi connectivity index (χ2v) is 5.74. The molecule has 2 rings (SSSR count). The molecule has 0 bridgehead atoms. The van der Waals surface area contributed by atoms with E-state index in [0.29, 0.717) is 6.42 Å². The second-order valence-electron chi connectivity index (χ2n) is 5.74. The van der Waals surface area contributed by atoms with Gasteiger partial charge in [0.25, 0.3) is 0 Å². The Morgan fingerprint density at radius 3 is 2.91 bits per heavy atom. The molecule has 1 fully saturated rings. The maximum atomic E-state index is 12.1. The summed E-state index contributed by atoms with van der Waals surface area (Å²) in [4.78, 5) is 12.1. The summed E-state index contributed by atoms with van der Waals surface area (Å²) in [7, 11) is 0. The Hall–Kier alpha value is -2.28. The number of nitriles is 1. The Morgan fingerprint density at radius 2 is 2.23 bits per heavy atom. The van der Waals surface area contributed by atoms with Crippen LogP contribution in [-0.4, -0.2) is 11.6 Å². The number of nitrogens with zero attached hydrogens (tertiary/aromatic N) is 1. The van der Waals surface area contributed by atoms with Crippen LogP contribution in [0.3, 0.4) is 0 Å². The maximum absolute atomic E-state index is 12.1. The Labute approximate surface area is 131 Å². The molecule has 4 nitrogen and oxygen atoms in total. The van der Waals surface area contributed by atoms with Gasteiger partial charge in [-0.1, -0.05) is 49.2 Å². The highest BCUT2D eigenvalue weighted by Gasteiger charge is 2.42. The summed E-state index contributed by atoms with van der Waals surface area (Å²) in [5.74, 6) is 0.105. The Kier molecular flexibility index (Phi) is 5.60. The normalized spacial score (nSPS) is 24.0. The molecule has 1 aromatic carbocycles. The summed E-state index contributed by atoms with van der Waals surface area (Å²) >= 11 is 0. The van der Waals surface area contributed by atoms with Crippen molar-refractivity contribution < 1.29 is 9.53 Å². The molecule has 0 saturated heterocycles. The molecular weight excluding hydrogens is 276 g/mol. The molecular formula is C18H22N2O2. The van der Waals surface area contributed by atoms with E-state index in [1.165, 1.54) is 0 Å². The van der Waals surface area contributed by atoms with Crippen LogP contribution in [0.5, 0.6) is 0 Å². The predicted molar refractivity (Wildman–Crippen MR) is 84.9 cm³/mol. The van der Waals surface area contributed by atoms with Gasteiger partial charge in [0.05, 0.1) is 6.07 Å². The number of amides is 1. The highest BCUT2D eigenvalue weighted by molar-refractivity contribution is 5.69. The fourth-order valence-electron chi connectivity index (χ4n) is 3.05. The average molecular weight is 298 g/mol. The number of ether oxygens (including phenoxy) is 1. The molecule has 0 aliphatic heterocycles. The zero-order chi connectivity index (χ0) is 15.8. The number of rotatable bonds is 5. The van der Waals surface area contributed by atoms with Crippen LogP contribution < -0.4 is 5.32 Å². The van der Waals surface area contributed by atoms with Crippen molar-refractivity contribution in [3.63, 3.8) is 0 Å². The Morgan fingerprint density at radius 1 is 1.45 bits per heavy atom. The van der Waals surface area contributed by atoms with Gasteiger partial charge in [0.2, 0.25) is 0 Å². The predicted octanol–water partition coefficient (Wildman–Crippen LogP) is 3.94. The standard InChI is InChI=1S/C18H22N2O2/c1-2-8-16-11-6-7-12-18(16,14-19)20-17(21)22-13-15-9-4-3-5-10-15/h2-5,9-10,16H,1,6-8,11-13H2,(H,20,21)/t16-,18?/m0/s1. The van der Waals surface area contributed by atoms with E-state index in [1.54, 1.807) is 0 Å². The zero-order valence-corrected chi connectivity index (χ0v) is 12.8. The number of benzene rings is 1. The van der Waals surface area contributed by atoms with Crippen LogP contribution in [0, 0.1) is 17.2 Å². The van der Waals surface area contributed by atoms with Gasteiger partial charge < -0.3 is 10.1 Å². The summed E-state index contributed by atoms with van der Waals surface area (Å²) in [5, 5.41) is 12.4. The lowest BCUT2D eigenvalue weighted by atomic mass is 9.72. The number of carbonyl (C=O) groups is 1. The fraction of sp³-hybridized carbons (Fsp3) is 0.444. The largest absolute Gasteiger partial charge is 0.445 e. The smallest absolute Gasteiger partial charge is 0.408 e. The van der Waals surface area contributed by atoms with Gasteiger partial charge in [-0.05, 0) is 30.7 Å². The van der Waals surface area contributed by atoms with E-state index in [-0.39, 0.29) is 12.5 Å². The summed E-state index contributed by atoms with van der Waals surface area (Å²) in [5.41, 5.74) is 0.0927. The Bertz CT molecular complexity index is 550. The van der Waals surface area contributed by atoms with Gasteiger partial charge in [-0.25, -0.2) is 4.79 Å². The van der Waals surface area contributed by atoms with Gasteiger partial charge in [0, 0.05) is 0 Å². The topological polar surface area (TPSA) is 62.1 Å². The van der Waals surface area contributed by atoms with E-state index in [0.717, 1.165) is 31.2 Å². The lowest BCUT2D eigenvalue weighted by molar-refractivity contribution is 0.114. The first-order valence-electron chi connectivity index (χ1n) is 7.71. The molecule has 0 aromatic heterocycles. The van der Waals surface area contributed by atoms with Crippen LogP contribution in [0.15, 0.2) is 43.0 Å². The molecule has 1 N–H and O–H groups in total. The molecule has 1 aliphatic carbocycles. The van der Waals surface area contributed by atoms with Crippen LogP contribution >= 0.6 is 0 Å². The van der Waals surface area contributed by atoms with Crippen LogP contribution in [-0.2, 0) is 11.3 Å². The first-order valence-corrected chi connectivity index (χ1v) is 7.71. The molecule has 1 unspecified atom stereocenters. The third-order valence-electron chi connectivity index (χ3n) is 4.26. The minimum absolute atomic E-state index is 0.105. The molecule has 0 spiro atoms. The summed E-state index contributed by atoms with van der Waals surface area (Å²) in [6, 6.07) is 11.8. The number of hydrogen-bond donors (Lipinski definition) is 1. The van der Waals surface area contributed by atoms with E-state index in [1.807, 2.05) is 36.4 Å². The molecule has 2 atom stereocenters. The van der Waals surface area contributed by atoms with Crippen molar-refractivity contribution in [2.75, 3.05) is 0 Å². The van der Waals surface area contributed by atoms with Crippen LogP contribution in [0.2, 0.25) is 0 Å². The van der Waals surface area contributed by atoms with Gasteiger partial charge in [0.15, 0.2) is 0 Å². The van der Waals surface area contributed by atoms with Gasteiger partial charge in [-0.2, -0.15) is 5.26 Å². The van der Waals surface area contributed by atoms with E-state index >= 15 is 0 Å². The first kappa shape index (κ1) is 16.1. The van der Waals surface area contributed by atoms with Crippen molar-refractivity contribution in [3.05, 3.63) is 48.6 Å². The molecule has 1 aromatic rings. The van der Waals surface area contributed by atoms with Crippen molar-refractivity contribution in [1.29, 1.82) is 5.26 Å². The van der Waals surface area contributed by atoms with Crippen molar-refractivity contribution in [1.82, 2.24) is 5.32 Å². The zero-order valence-electron chi connectivity index (χ0n) is 12.8. The lowest BCUT2D eigenvalue weighted by Gasteiger charge is -2.38. The van der Waals surface area contributed by atoms with Gasteiger partial charge in [-0.3, -0.25) is 0 Å². The molecule has 4 heteroatoms. The number of nitrogens with one attached hydrogen (secondary N) is 1. The van der Waals surface area contributed by atoms with Gasteiger partial charge in [-0.15, -0.1) is 6.58 Å². The second kappa shape index (κ2) is 7.65. The molecule has 0 radical (unpaired) electrons. The molecule has 1 amide bonds. The van der Waals surface area contributed by atoms with Gasteiger partial charge in [0.1, 0.15) is 12.1 Å². The summed E-state index contributed by atoms with van der Waals surface area (Å²) in [6.07, 6.45) is 5.65. The van der Waals surface area contributed by atoms with Crippen molar-refractivity contribution in [3.8, 4) is 6.07 Å². The van der Waals surface area contributed by atoms with E-state index in [2.05, 4.69) is 18.0 Å². The summed E-state index contributed by atoms with van der Waals surface area (Å²) < 4.78 is 5.26. The highest BCUT2D eigenvalue weighted by atomic mass is 16.5. The number of allylic oxidation sites excluding steroid dienone is 1. The van der Waals surface area contributed by atoms with Crippen LogP contribution in [0.25, 0.3) is 0 Å². The average Bonchev–Trinajstić information content (AvgIpc) is 2.56. The number of hydrogen-bond acceptors (Lipinski definition) is 3. The third-order valence-corrected chi connectivity index (χ3v) is 4.26. The molecule has 116 valence electrons. The Balaban J connectivity index is 1.97. The molecule has 22 heavy (non-hydrogen) atoms. The van der Waals surface area contributed by atoms with Crippen molar-refractivity contribution in [2.24, 2.45) is 5.92 Å². The number of alkyl carbamates (subject to hydrolysis) is 1. The van der Waals surface area contributed by atoms with Crippen LogP contribution in [0.4, 0.5) is 4.79 Å². The minimum Gasteiger partial charge on any atom is -0.445 e. The third kappa shape index (κ3) is 3.88. The van der Waals surface area contributed by atoms with E-state index in [4.69, 9.17) is 4.74 Å². The van der Waals surface area contributed by atoms with E-state index in [9.17, 15) is 10.1 Å². The van der Waals surface area contributed by atoms with Crippen molar-refractivity contribution >= 4 is 6.09 Å². The molecule has 1 saturated carbocycles. The quantitative estimate of drug-likeness (QED) is 0.837. The summed E-state index contributed by atoms with van der Waals surface area (Å²) in [6.45, 7) is 3.97. The monoisotopic (exact) mass is 298 g/mol. The highest BCUT2D eigenvalue weighted by Crippen LogP contribution is 2.36. The van der Waals surface area contributed by atoms with Gasteiger partial charge >= 0.3 is 6.09 Å². The minimum atomic E-state index is -0.833. The fourth-order valence-corrected chi connectivity index (χ4v) is 3.05.